The standard InChI is InChI=1S/C29H25F2N7O4/c30-17-4-7-19(8-5-17)38-29(41)20(10-13-33-38)28(40)34-18-6-9-23(21(31)14-18)42-24-11-12-32-26-25(24)27(37-36-26)35-22-3-1-2-16(22)15-39/h4-14,16,22,39H,1-3,15H2,(H,34,40)(H2,32,35,36,37)/t16-,22-/m0/s1. The van der Waals surface area contributed by atoms with Crippen LogP contribution in [-0.2, 0) is 0 Å². The van der Waals surface area contributed by atoms with Crippen LogP contribution in [0.4, 0.5) is 20.3 Å². The molecular formula is C29H25F2N7O4. The third-order valence-corrected chi connectivity index (χ3v) is 7.21. The minimum Gasteiger partial charge on any atom is -0.453 e. The van der Waals surface area contributed by atoms with Gasteiger partial charge in [0.15, 0.2) is 23.0 Å². The van der Waals surface area contributed by atoms with Crippen molar-refractivity contribution >= 4 is 28.4 Å². The molecule has 11 nitrogen and oxygen atoms in total. The highest BCUT2D eigenvalue weighted by atomic mass is 19.1. The Morgan fingerprint density at radius 1 is 1.07 bits per heavy atom. The average molecular weight is 574 g/mol. The number of aliphatic hydroxyl groups is 1. The molecule has 0 bridgehead atoms. The molecule has 6 rings (SSSR count). The fourth-order valence-corrected chi connectivity index (χ4v) is 5.06. The van der Waals surface area contributed by atoms with Crippen LogP contribution < -0.4 is 20.9 Å². The summed E-state index contributed by atoms with van der Waals surface area (Å²) in [4.78, 5) is 30.1. The number of aromatic amines is 1. The quantitative estimate of drug-likeness (QED) is 0.214. The molecule has 0 aliphatic heterocycles. The summed E-state index contributed by atoms with van der Waals surface area (Å²) in [5.74, 6) is -1.21. The van der Waals surface area contributed by atoms with Crippen molar-refractivity contribution in [3.05, 3.63) is 94.5 Å². The minimum absolute atomic E-state index is 0.0365. The van der Waals surface area contributed by atoms with Crippen molar-refractivity contribution in [2.75, 3.05) is 17.2 Å². The predicted octanol–water partition coefficient (Wildman–Crippen LogP) is 4.40. The maximum Gasteiger partial charge on any atom is 0.284 e. The number of hydrogen-bond donors (Lipinski definition) is 4. The van der Waals surface area contributed by atoms with Crippen molar-refractivity contribution in [1.82, 2.24) is 25.0 Å². The average Bonchev–Trinajstić information content (AvgIpc) is 3.62. The lowest BCUT2D eigenvalue weighted by molar-refractivity contribution is 0.102. The van der Waals surface area contributed by atoms with Crippen LogP contribution in [0, 0.1) is 17.6 Å². The molecule has 1 aliphatic rings. The van der Waals surface area contributed by atoms with Crippen LogP contribution in [0.3, 0.4) is 0 Å². The number of amides is 1. The molecule has 0 spiro atoms. The number of ether oxygens (including phenoxy) is 1. The van der Waals surface area contributed by atoms with Gasteiger partial charge in [0.2, 0.25) is 0 Å². The molecule has 4 N–H and O–H groups in total. The molecule has 1 aliphatic carbocycles. The summed E-state index contributed by atoms with van der Waals surface area (Å²) in [7, 11) is 0. The number of nitrogens with one attached hydrogen (secondary N) is 3. The molecule has 42 heavy (non-hydrogen) atoms. The number of rotatable bonds is 8. The number of benzene rings is 2. The second-order valence-corrected chi connectivity index (χ2v) is 9.87. The van der Waals surface area contributed by atoms with E-state index in [9.17, 15) is 19.1 Å². The van der Waals surface area contributed by atoms with Gasteiger partial charge in [0.1, 0.15) is 22.5 Å². The number of H-pyrrole nitrogens is 1. The molecule has 0 unspecified atom stereocenters. The van der Waals surface area contributed by atoms with E-state index in [4.69, 9.17) is 4.74 Å². The Hall–Kier alpha value is -5.17. The van der Waals surface area contributed by atoms with E-state index >= 15 is 4.39 Å². The minimum atomic E-state index is -0.774. The van der Waals surface area contributed by atoms with Crippen molar-refractivity contribution in [3.63, 3.8) is 0 Å². The number of carbonyl (C=O) groups excluding carboxylic acids is 1. The first-order valence-electron chi connectivity index (χ1n) is 13.2. The van der Waals surface area contributed by atoms with Crippen LogP contribution in [0.15, 0.2) is 71.8 Å². The number of nitrogens with zero attached hydrogens (tertiary/aromatic N) is 4. The van der Waals surface area contributed by atoms with Crippen LogP contribution in [0.5, 0.6) is 11.5 Å². The van der Waals surface area contributed by atoms with E-state index in [1.54, 1.807) is 6.07 Å². The molecule has 3 heterocycles. The first-order chi connectivity index (χ1) is 20.4. The lowest BCUT2D eigenvalue weighted by Gasteiger charge is -2.19. The summed E-state index contributed by atoms with van der Waals surface area (Å²) in [5, 5.41) is 27.2. The second kappa shape index (κ2) is 11.4. The first kappa shape index (κ1) is 27.0. The van der Waals surface area contributed by atoms with E-state index in [1.807, 2.05) is 0 Å². The number of aromatic nitrogens is 5. The van der Waals surface area contributed by atoms with Crippen LogP contribution >= 0.6 is 0 Å². The van der Waals surface area contributed by atoms with Crippen molar-refractivity contribution in [1.29, 1.82) is 0 Å². The van der Waals surface area contributed by atoms with Gasteiger partial charge >= 0.3 is 0 Å². The van der Waals surface area contributed by atoms with Crippen molar-refractivity contribution < 1.29 is 23.4 Å². The summed E-state index contributed by atoms with van der Waals surface area (Å²) < 4.78 is 35.3. The van der Waals surface area contributed by atoms with E-state index in [0.717, 1.165) is 30.0 Å². The van der Waals surface area contributed by atoms with Crippen molar-refractivity contribution in [2.24, 2.45) is 5.92 Å². The van der Waals surface area contributed by atoms with E-state index < -0.39 is 23.1 Å². The van der Waals surface area contributed by atoms with Gasteiger partial charge in [0.05, 0.1) is 5.69 Å². The Bertz CT molecular complexity index is 1820. The van der Waals surface area contributed by atoms with Gasteiger partial charge in [0, 0.05) is 48.8 Å². The van der Waals surface area contributed by atoms with Gasteiger partial charge in [-0.2, -0.15) is 14.9 Å². The van der Waals surface area contributed by atoms with Crippen molar-refractivity contribution in [2.45, 2.75) is 25.3 Å². The summed E-state index contributed by atoms with van der Waals surface area (Å²) in [6.45, 7) is 0.0707. The zero-order valence-corrected chi connectivity index (χ0v) is 22.1. The summed E-state index contributed by atoms with van der Waals surface area (Å²) in [6.07, 6.45) is 5.57. The van der Waals surface area contributed by atoms with E-state index in [2.05, 4.69) is 30.9 Å². The molecule has 3 aromatic heterocycles. The molecule has 2 atom stereocenters. The number of anilines is 2. The second-order valence-electron chi connectivity index (χ2n) is 9.87. The lowest BCUT2D eigenvalue weighted by Crippen LogP contribution is -2.29. The van der Waals surface area contributed by atoms with Crippen LogP contribution in [0.25, 0.3) is 16.7 Å². The topological polar surface area (TPSA) is 147 Å². The summed E-state index contributed by atoms with van der Waals surface area (Å²) in [5.41, 5.74) is -0.143. The summed E-state index contributed by atoms with van der Waals surface area (Å²) in [6, 6.07) is 11.8. The van der Waals surface area contributed by atoms with Gasteiger partial charge in [-0.1, -0.05) is 6.42 Å². The molecule has 214 valence electrons. The number of halogens is 2. The van der Waals surface area contributed by atoms with Crippen LogP contribution in [0.2, 0.25) is 0 Å². The number of fused-ring (bicyclic) bond motifs is 1. The van der Waals surface area contributed by atoms with Gasteiger partial charge < -0.3 is 20.5 Å². The van der Waals surface area contributed by atoms with Crippen LogP contribution in [0.1, 0.15) is 29.6 Å². The SMILES string of the molecule is O=C(Nc1ccc(Oc2ccnc3[nH]nc(N[C@H]4CCC[C@H]4CO)c23)c(F)c1)c1ccnn(-c2ccc(F)cc2)c1=O. The summed E-state index contributed by atoms with van der Waals surface area (Å²) >= 11 is 0. The van der Waals surface area contributed by atoms with E-state index in [0.29, 0.717) is 22.6 Å². The molecular weight excluding hydrogens is 548 g/mol. The maximum atomic E-state index is 15.2. The molecule has 1 amide bonds. The van der Waals surface area contributed by atoms with Gasteiger partial charge in [-0.15, -0.1) is 0 Å². The predicted molar refractivity (Wildman–Crippen MR) is 150 cm³/mol. The smallest absolute Gasteiger partial charge is 0.284 e. The zero-order valence-electron chi connectivity index (χ0n) is 22.1. The molecule has 0 saturated heterocycles. The van der Waals surface area contributed by atoms with Gasteiger partial charge in [-0.25, -0.2) is 13.8 Å². The number of aliphatic hydroxyl groups excluding tert-OH is 1. The van der Waals surface area contributed by atoms with Gasteiger partial charge in [-0.3, -0.25) is 14.7 Å². The fraction of sp³-hybridized carbons (Fsp3) is 0.207. The highest BCUT2D eigenvalue weighted by Crippen LogP contribution is 2.36. The number of carbonyl (C=O) groups is 1. The number of hydrogen-bond acceptors (Lipinski definition) is 8. The van der Waals surface area contributed by atoms with Gasteiger partial charge in [-0.05, 0) is 55.3 Å². The lowest BCUT2D eigenvalue weighted by atomic mass is 10.1. The van der Waals surface area contributed by atoms with E-state index in [-0.39, 0.29) is 41.3 Å². The Kier molecular flexibility index (Phi) is 7.32. The molecule has 0 radical (unpaired) electrons. The van der Waals surface area contributed by atoms with Gasteiger partial charge in [0.25, 0.3) is 11.5 Å². The Morgan fingerprint density at radius 2 is 1.90 bits per heavy atom. The fourth-order valence-electron chi connectivity index (χ4n) is 5.06. The third-order valence-electron chi connectivity index (χ3n) is 7.21. The molecule has 2 aromatic carbocycles. The Labute approximate surface area is 237 Å². The third kappa shape index (κ3) is 5.29. The molecule has 13 heteroatoms. The van der Waals surface area contributed by atoms with Crippen molar-refractivity contribution in [3.8, 4) is 17.2 Å². The zero-order chi connectivity index (χ0) is 29.2. The maximum absolute atomic E-state index is 15.2. The molecule has 1 fully saturated rings. The highest BCUT2D eigenvalue weighted by Gasteiger charge is 2.28. The largest absolute Gasteiger partial charge is 0.453 e. The first-order valence-corrected chi connectivity index (χ1v) is 13.2. The molecule has 5 aromatic rings. The number of pyridine rings is 1. The van der Waals surface area contributed by atoms with Crippen LogP contribution in [-0.4, -0.2) is 48.6 Å². The Balaban J connectivity index is 1.21. The molecule has 1 saturated carbocycles. The van der Waals surface area contributed by atoms with E-state index in [1.165, 1.54) is 54.9 Å². The normalized spacial score (nSPS) is 16.5. The monoisotopic (exact) mass is 573 g/mol. The highest BCUT2D eigenvalue weighted by molar-refractivity contribution is 6.04. The Morgan fingerprint density at radius 3 is 2.69 bits per heavy atom.